The van der Waals surface area contributed by atoms with Gasteiger partial charge in [0, 0.05) is 32.2 Å². The number of benzene rings is 2. The first kappa shape index (κ1) is 20.4. The summed E-state index contributed by atoms with van der Waals surface area (Å²) in [5.74, 6) is 0.374. The third-order valence-corrected chi connectivity index (χ3v) is 4.05. The van der Waals surface area contributed by atoms with Crippen molar-refractivity contribution in [2.24, 2.45) is 4.99 Å². The Hall–Kier alpha value is -2.89. The summed E-state index contributed by atoms with van der Waals surface area (Å²) in [6.07, 6.45) is 1.47. The van der Waals surface area contributed by atoms with Crippen molar-refractivity contribution in [1.82, 2.24) is 16.0 Å². The van der Waals surface area contributed by atoms with Gasteiger partial charge in [0.25, 0.3) is 5.91 Å². The second-order valence-corrected chi connectivity index (χ2v) is 6.15. The molecular weight excluding hydrogens is 343 g/mol. The van der Waals surface area contributed by atoms with Gasteiger partial charge in [-0.05, 0) is 42.2 Å². The minimum Gasteiger partial charge on any atom is -0.356 e. The van der Waals surface area contributed by atoms with E-state index in [4.69, 9.17) is 0 Å². The molecule has 0 aromatic heterocycles. The molecule has 1 amide bonds. The lowest BCUT2D eigenvalue weighted by Gasteiger charge is -2.13. The van der Waals surface area contributed by atoms with Gasteiger partial charge >= 0.3 is 0 Å². The molecule has 0 radical (unpaired) electrons. The molecule has 0 unspecified atom stereocenters. The second-order valence-electron chi connectivity index (χ2n) is 6.15. The van der Waals surface area contributed by atoms with E-state index < -0.39 is 0 Å². The van der Waals surface area contributed by atoms with E-state index >= 15 is 0 Å². The van der Waals surface area contributed by atoms with Gasteiger partial charge in [-0.15, -0.1) is 0 Å². The Morgan fingerprint density at radius 1 is 1.04 bits per heavy atom. The topological polar surface area (TPSA) is 65.5 Å². The zero-order valence-corrected chi connectivity index (χ0v) is 15.9. The molecule has 6 heteroatoms. The number of carbonyl (C=O) groups is 1. The Balaban J connectivity index is 1.83. The molecule has 2 aromatic rings. The predicted molar refractivity (Wildman–Crippen MR) is 107 cm³/mol. The van der Waals surface area contributed by atoms with Gasteiger partial charge in [0.1, 0.15) is 5.82 Å². The summed E-state index contributed by atoms with van der Waals surface area (Å²) in [4.78, 5) is 16.2. The van der Waals surface area contributed by atoms with Crippen LogP contribution < -0.4 is 16.0 Å². The average molecular weight is 370 g/mol. The number of aliphatic imine (C=N–C) groups is 1. The van der Waals surface area contributed by atoms with Crippen LogP contribution in [0.3, 0.4) is 0 Å². The van der Waals surface area contributed by atoms with Gasteiger partial charge in [-0.1, -0.05) is 37.3 Å². The van der Waals surface area contributed by atoms with Gasteiger partial charge in [0.2, 0.25) is 0 Å². The van der Waals surface area contributed by atoms with Gasteiger partial charge in [-0.2, -0.15) is 0 Å². The molecule has 5 nitrogen and oxygen atoms in total. The van der Waals surface area contributed by atoms with Gasteiger partial charge in [-0.3, -0.25) is 9.79 Å². The predicted octanol–water partition coefficient (Wildman–Crippen LogP) is 2.87. The highest BCUT2D eigenvalue weighted by Crippen LogP contribution is 2.07. The molecular formula is C21H27FN4O. The van der Waals surface area contributed by atoms with Crippen molar-refractivity contribution in [1.29, 1.82) is 0 Å². The van der Waals surface area contributed by atoms with Crippen molar-refractivity contribution in [3.8, 4) is 0 Å². The van der Waals surface area contributed by atoms with Crippen molar-refractivity contribution in [3.63, 3.8) is 0 Å². The molecule has 0 aliphatic rings. The van der Waals surface area contributed by atoms with Crippen LogP contribution in [0.25, 0.3) is 0 Å². The highest BCUT2D eigenvalue weighted by molar-refractivity contribution is 5.94. The highest BCUT2D eigenvalue weighted by Gasteiger charge is 2.06. The van der Waals surface area contributed by atoms with Crippen LogP contribution in [0.2, 0.25) is 0 Å². The summed E-state index contributed by atoms with van der Waals surface area (Å²) in [6.45, 7) is 3.79. The van der Waals surface area contributed by atoms with Crippen molar-refractivity contribution < 1.29 is 9.18 Å². The molecule has 144 valence electrons. The SMILES string of the molecule is CCCNC(=O)c1cccc(CNC(=NC)NCCc2ccccc2F)c1. The van der Waals surface area contributed by atoms with Crippen LogP contribution in [0.4, 0.5) is 4.39 Å². The molecule has 0 fully saturated rings. The Morgan fingerprint density at radius 3 is 2.59 bits per heavy atom. The maximum atomic E-state index is 13.6. The molecule has 0 atom stereocenters. The monoisotopic (exact) mass is 370 g/mol. The van der Waals surface area contributed by atoms with Crippen LogP contribution in [-0.4, -0.2) is 32.0 Å². The standard InChI is InChI=1S/C21H27FN4O/c1-3-12-24-20(27)18-9-6-7-16(14-18)15-26-21(23-2)25-13-11-17-8-4-5-10-19(17)22/h4-10,14H,3,11-13,15H2,1-2H3,(H,24,27)(H2,23,25,26). The maximum absolute atomic E-state index is 13.6. The number of amides is 1. The Bertz CT molecular complexity index is 776. The summed E-state index contributed by atoms with van der Waals surface area (Å²) in [5, 5.41) is 9.26. The minimum absolute atomic E-state index is 0.0638. The van der Waals surface area contributed by atoms with Crippen molar-refractivity contribution in [2.45, 2.75) is 26.3 Å². The maximum Gasteiger partial charge on any atom is 0.251 e. The summed E-state index contributed by atoms with van der Waals surface area (Å²) in [5.41, 5.74) is 2.30. The molecule has 0 aliphatic carbocycles. The number of nitrogens with one attached hydrogen (secondary N) is 3. The number of carbonyl (C=O) groups excluding carboxylic acids is 1. The Labute approximate surface area is 160 Å². The zero-order chi connectivity index (χ0) is 19.5. The number of rotatable bonds is 8. The highest BCUT2D eigenvalue weighted by atomic mass is 19.1. The summed E-state index contributed by atoms with van der Waals surface area (Å²) >= 11 is 0. The first-order chi connectivity index (χ1) is 13.1. The first-order valence-electron chi connectivity index (χ1n) is 9.19. The Morgan fingerprint density at radius 2 is 1.85 bits per heavy atom. The fourth-order valence-electron chi connectivity index (χ4n) is 2.59. The fourth-order valence-corrected chi connectivity index (χ4v) is 2.59. The molecule has 2 aromatic carbocycles. The molecule has 3 N–H and O–H groups in total. The quantitative estimate of drug-likeness (QED) is 0.494. The normalized spacial score (nSPS) is 11.1. The van der Waals surface area contributed by atoms with Crippen LogP contribution in [0, 0.1) is 5.82 Å². The van der Waals surface area contributed by atoms with E-state index in [1.807, 2.05) is 31.2 Å². The zero-order valence-electron chi connectivity index (χ0n) is 15.9. The molecule has 2 rings (SSSR count). The molecule has 27 heavy (non-hydrogen) atoms. The first-order valence-corrected chi connectivity index (χ1v) is 9.19. The number of hydrogen-bond acceptors (Lipinski definition) is 2. The lowest BCUT2D eigenvalue weighted by molar-refractivity contribution is 0.0953. The largest absolute Gasteiger partial charge is 0.356 e. The smallest absolute Gasteiger partial charge is 0.251 e. The van der Waals surface area contributed by atoms with Crippen LogP contribution >= 0.6 is 0 Å². The third-order valence-electron chi connectivity index (χ3n) is 4.05. The van der Waals surface area contributed by atoms with E-state index in [-0.39, 0.29) is 11.7 Å². The van der Waals surface area contributed by atoms with Crippen LogP contribution in [0.1, 0.15) is 34.8 Å². The molecule has 0 bridgehead atoms. The van der Waals surface area contributed by atoms with E-state index in [0.717, 1.165) is 12.0 Å². The molecule has 0 spiro atoms. The van der Waals surface area contributed by atoms with E-state index in [0.29, 0.717) is 43.1 Å². The average Bonchev–Trinajstić information content (AvgIpc) is 2.70. The fraction of sp³-hybridized carbons (Fsp3) is 0.333. The van der Waals surface area contributed by atoms with Crippen LogP contribution in [0.15, 0.2) is 53.5 Å². The number of halogens is 1. The summed E-state index contributed by atoms with van der Waals surface area (Å²) < 4.78 is 13.6. The lowest BCUT2D eigenvalue weighted by atomic mass is 10.1. The molecule has 0 saturated heterocycles. The van der Waals surface area contributed by atoms with E-state index in [1.54, 1.807) is 25.2 Å². The van der Waals surface area contributed by atoms with Crippen molar-refractivity contribution in [3.05, 3.63) is 71.0 Å². The summed E-state index contributed by atoms with van der Waals surface area (Å²) in [6, 6.07) is 14.2. The second kappa shape index (κ2) is 11.0. The number of guanidine groups is 1. The van der Waals surface area contributed by atoms with E-state index in [9.17, 15) is 9.18 Å². The third kappa shape index (κ3) is 6.73. The molecule has 0 saturated carbocycles. The number of hydrogen-bond donors (Lipinski definition) is 3. The van der Waals surface area contributed by atoms with Gasteiger partial charge < -0.3 is 16.0 Å². The van der Waals surface area contributed by atoms with E-state index in [2.05, 4.69) is 20.9 Å². The van der Waals surface area contributed by atoms with Gasteiger partial charge in [0.05, 0.1) is 0 Å². The Kier molecular flexibility index (Phi) is 8.29. The van der Waals surface area contributed by atoms with Crippen molar-refractivity contribution in [2.75, 3.05) is 20.1 Å². The van der Waals surface area contributed by atoms with Crippen LogP contribution in [0.5, 0.6) is 0 Å². The van der Waals surface area contributed by atoms with Crippen molar-refractivity contribution >= 4 is 11.9 Å². The van der Waals surface area contributed by atoms with Gasteiger partial charge in [-0.25, -0.2) is 4.39 Å². The van der Waals surface area contributed by atoms with Gasteiger partial charge in [0.15, 0.2) is 5.96 Å². The summed E-state index contributed by atoms with van der Waals surface area (Å²) in [7, 11) is 1.69. The molecule has 0 heterocycles. The minimum atomic E-state index is -0.194. The van der Waals surface area contributed by atoms with Crippen LogP contribution in [-0.2, 0) is 13.0 Å². The lowest BCUT2D eigenvalue weighted by Crippen LogP contribution is -2.38. The number of nitrogens with zero attached hydrogens (tertiary/aromatic N) is 1. The molecule has 0 aliphatic heterocycles. The van der Waals surface area contributed by atoms with E-state index in [1.165, 1.54) is 6.07 Å².